The molecule has 0 saturated heterocycles. The SMILES string of the molecule is CCc1noc(C)c1C(=O)OCC(=O)Nc1c(F)cc(F)cc1Br. The van der Waals surface area contributed by atoms with Gasteiger partial charge in [0.15, 0.2) is 12.4 Å². The van der Waals surface area contributed by atoms with Gasteiger partial charge >= 0.3 is 5.97 Å². The van der Waals surface area contributed by atoms with Crippen LogP contribution in [0.25, 0.3) is 0 Å². The van der Waals surface area contributed by atoms with Crippen LogP contribution in [0.2, 0.25) is 0 Å². The summed E-state index contributed by atoms with van der Waals surface area (Å²) < 4.78 is 36.5. The van der Waals surface area contributed by atoms with Crippen LogP contribution < -0.4 is 5.32 Å². The molecule has 2 rings (SSSR count). The van der Waals surface area contributed by atoms with Gasteiger partial charge in [-0.25, -0.2) is 13.6 Å². The summed E-state index contributed by atoms with van der Waals surface area (Å²) in [6.45, 7) is 2.69. The molecule has 2 aromatic rings. The molecule has 24 heavy (non-hydrogen) atoms. The van der Waals surface area contributed by atoms with E-state index in [-0.39, 0.29) is 21.5 Å². The Morgan fingerprint density at radius 1 is 1.38 bits per heavy atom. The van der Waals surface area contributed by atoms with E-state index in [2.05, 4.69) is 26.4 Å². The second-order valence-electron chi connectivity index (χ2n) is 4.78. The Kier molecular flexibility index (Phi) is 5.66. The van der Waals surface area contributed by atoms with Gasteiger partial charge in [0.05, 0.1) is 11.4 Å². The summed E-state index contributed by atoms with van der Waals surface area (Å²) in [5.74, 6) is -3.01. The Bertz CT molecular complexity index is 769. The average molecular weight is 403 g/mol. The monoisotopic (exact) mass is 402 g/mol. The molecule has 1 aromatic heterocycles. The number of anilines is 1. The van der Waals surface area contributed by atoms with Crippen molar-refractivity contribution in [2.24, 2.45) is 0 Å². The fourth-order valence-corrected chi connectivity index (χ4v) is 2.47. The molecule has 0 fully saturated rings. The molecule has 0 aliphatic rings. The first kappa shape index (κ1) is 18.1. The smallest absolute Gasteiger partial charge is 0.344 e. The zero-order valence-corrected chi connectivity index (χ0v) is 14.4. The summed E-state index contributed by atoms with van der Waals surface area (Å²) in [6.07, 6.45) is 0.460. The normalized spacial score (nSPS) is 10.5. The number of aryl methyl sites for hydroxylation is 2. The van der Waals surface area contributed by atoms with Crippen molar-refractivity contribution < 1.29 is 27.6 Å². The minimum absolute atomic E-state index is 0.0304. The standard InChI is InChI=1S/C15H13BrF2N2O4/c1-3-11-13(7(2)24-20-11)15(22)23-6-12(21)19-14-9(16)4-8(17)5-10(14)18/h4-5H,3,6H2,1-2H3,(H,19,21). The van der Waals surface area contributed by atoms with E-state index in [0.29, 0.717) is 18.2 Å². The number of esters is 1. The lowest BCUT2D eigenvalue weighted by Crippen LogP contribution is -2.22. The summed E-state index contributed by atoms with van der Waals surface area (Å²) >= 11 is 2.94. The Labute approximate surface area is 144 Å². The second-order valence-corrected chi connectivity index (χ2v) is 5.64. The molecule has 0 spiro atoms. The van der Waals surface area contributed by atoms with Crippen LogP contribution in [0.3, 0.4) is 0 Å². The average Bonchev–Trinajstić information content (AvgIpc) is 2.89. The minimum Gasteiger partial charge on any atom is -0.452 e. The van der Waals surface area contributed by atoms with Crippen LogP contribution in [0.1, 0.15) is 28.7 Å². The third kappa shape index (κ3) is 3.97. The van der Waals surface area contributed by atoms with Gasteiger partial charge in [-0.05, 0) is 35.3 Å². The molecular formula is C15H13BrF2N2O4. The third-order valence-corrected chi connectivity index (χ3v) is 3.70. The molecule has 128 valence electrons. The maximum Gasteiger partial charge on any atom is 0.344 e. The van der Waals surface area contributed by atoms with E-state index in [0.717, 1.165) is 6.07 Å². The van der Waals surface area contributed by atoms with Gasteiger partial charge in [0.2, 0.25) is 0 Å². The van der Waals surface area contributed by atoms with Gasteiger partial charge in [0.1, 0.15) is 17.1 Å². The van der Waals surface area contributed by atoms with E-state index >= 15 is 0 Å². The molecule has 0 unspecified atom stereocenters. The Morgan fingerprint density at radius 2 is 2.08 bits per heavy atom. The highest BCUT2D eigenvalue weighted by Crippen LogP contribution is 2.26. The van der Waals surface area contributed by atoms with Gasteiger partial charge < -0.3 is 14.6 Å². The van der Waals surface area contributed by atoms with Crippen LogP contribution in [-0.4, -0.2) is 23.6 Å². The zero-order chi connectivity index (χ0) is 17.9. The van der Waals surface area contributed by atoms with E-state index in [1.165, 1.54) is 0 Å². The van der Waals surface area contributed by atoms with Crippen LogP contribution in [0.5, 0.6) is 0 Å². The number of rotatable bonds is 5. The van der Waals surface area contributed by atoms with Crippen molar-refractivity contribution in [2.75, 3.05) is 11.9 Å². The fraction of sp³-hybridized carbons (Fsp3) is 0.267. The van der Waals surface area contributed by atoms with Crippen LogP contribution in [0, 0.1) is 18.6 Å². The maximum atomic E-state index is 13.6. The predicted molar refractivity (Wildman–Crippen MR) is 83.6 cm³/mol. The number of benzene rings is 1. The van der Waals surface area contributed by atoms with Gasteiger partial charge in [-0.1, -0.05) is 12.1 Å². The Morgan fingerprint density at radius 3 is 2.71 bits per heavy atom. The lowest BCUT2D eigenvalue weighted by atomic mass is 10.1. The molecule has 6 nitrogen and oxygen atoms in total. The molecule has 0 saturated carbocycles. The summed E-state index contributed by atoms with van der Waals surface area (Å²) in [4.78, 5) is 23.8. The Balaban J connectivity index is 2.01. The summed E-state index contributed by atoms with van der Waals surface area (Å²) in [5.41, 5.74) is 0.345. The van der Waals surface area contributed by atoms with Crippen LogP contribution in [0.15, 0.2) is 21.1 Å². The number of hydrogen-bond donors (Lipinski definition) is 1. The molecule has 0 bridgehead atoms. The third-order valence-electron chi connectivity index (χ3n) is 3.08. The molecule has 1 N–H and O–H groups in total. The summed E-state index contributed by atoms with van der Waals surface area (Å²) in [7, 11) is 0. The molecule has 1 aromatic carbocycles. The van der Waals surface area contributed by atoms with Gasteiger partial charge in [-0.15, -0.1) is 0 Å². The molecule has 0 atom stereocenters. The second kappa shape index (κ2) is 7.52. The number of hydrogen-bond acceptors (Lipinski definition) is 5. The molecular weight excluding hydrogens is 390 g/mol. The van der Waals surface area contributed by atoms with Crippen molar-refractivity contribution in [3.8, 4) is 0 Å². The zero-order valence-electron chi connectivity index (χ0n) is 12.8. The maximum absolute atomic E-state index is 13.6. The first-order valence-electron chi connectivity index (χ1n) is 6.90. The van der Waals surface area contributed by atoms with Crippen molar-refractivity contribution in [3.63, 3.8) is 0 Å². The lowest BCUT2D eigenvalue weighted by molar-refractivity contribution is -0.119. The predicted octanol–water partition coefficient (Wildman–Crippen LogP) is 3.38. The number of nitrogens with one attached hydrogen (secondary N) is 1. The molecule has 0 aliphatic carbocycles. The Hall–Kier alpha value is -2.29. The van der Waals surface area contributed by atoms with Crippen molar-refractivity contribution in [3.05, 3.63) is 45.3 Å². The number of halogens is 3. The van der Waals surface area contributed by atoms with Gasteiger partial charge in [0, 0.05) is 10.5 Å². The summed E-state index contributed by atoms with van der Waals surface area (Å²) in [5, 5.41) is 5.92. The lowest BCUT2D eigenvalue weighted by Gasteiger charge is -2.09. The summed E-state index contributed by atoms with van der Waals surface area (Å²) in [6, 6.07) is 1.62. The van der Waals surface area contributed by atoms with E-state index in [4.69, 9.17) is 9.26 Å². The van der Waals surface area contributed by atoms with Crippen molar-refractivity contribution in [1.82, 2.24) is 5.16 Å². The van der Waals surface area contributed by atoms with Crippen molar-refractivity contribution >= 4 is 33.5 Å². The van der Waals surface area contributed by atoms with Gasteiger partial charge in [0.25, 0.3) is 5.91 Å². The largest absolute Gasteiger partial charge is 0.452 e. The molecule has 1 amide bonds. The van der Waals surface area contributed by atoms with E-state index < -0.39 is 30.1 Å². The number of ether oxygens (including phenoxy) is 1. The number of amides is 1. The molecule has 0 aliphatic heterocycles. The van der Waals surface area contributed by atoms with Crippen LogP contribution >= 0.6 is 15.9 Å². The molecule has 0 radical (unpaired) electrons. The van der Waals surface area contributed by atoms with Crippen molar-refractivity contribution in [2.45, 2.75) is 20.3 Å². The first-order valence-corrected chi connectivity index (χ1v) is 7.69. The van der Waals surface area contributed by atoms with Crippen molar-refractivity contribution in [1.29, 1.82) is 0 Å². The van der Waals surface area contributed by atoms with E-state index in [1.807, 2.05) is 0 Å². The van der Waals surface area contributed by atoms with Crippen LogP contribution in [-0.2, 0) is 16.0 Å². The highest BCUT2D eigenvalue weighted by molar-refractivity contribution is 9.10. The van der Waals surface area contributed by atoms with E-state index in [9.17, 15) is 18.4 Å². The molecule has 9 heteroatoms. The molecule has 1 heterocycles. The minimum atomic E-state index is -0.954. The first-order chi connectivity index (χ1) is 11.3. The topological polar surface area (TPSA) is 81.4 Å². The van der Waals surface area contributed by atoms with Gasteiger partial charge in [-0.2, -0.15) is 0 Å². The van der Waals surface area contributed by atoms with Crippen LogP contribution in [0.4, 0.5) is 14.5 Å². The highest BCUT2D eigenvalue weighted by atomic mass is 79.9. The fourth-order valence-electron chi connectivity index (χ4n) is 1.96. The number of carbonyl (C=O) groups excluding carboxylic acids is 2. The van der Waals surface area contributed by atoms with Gasteiger partial charge in [-0.3, -0.25) is 4.79 Å². The van der Waals surface area contributed by atoms with E-state index in [1.54, 1.807) is 13.8 Å². The number of carbonyl (C=O) groups is 2. The number of aromatic nitrogens is 1. The number of nitrogens with zero attached hydrogens (tertiary/aromatic N) is 1. The quantitative estimate of drug-likeness (QED) is 0.775. The highest BCUT2D eigenvalue weighted by Gasteiger charge is 2.22.